The van der Waals surface area contributed by atoms with Crippen molar-refractivity contribution in [3.05, 3.63) is 198 Å². The number of nitrogens with zero attached hydrogens (tertiary/aromatic N) is 2. The summed E-state index contributed by atoms with van der Waals surface area (Å²) >= 11 is 0. The molecule has 2 aliphatic rings. The second-order valence-electron chi connectivity index (χ2n) is 11.4. The minimum Gasteiger partial charge on any atom is -0.350 e. The molecule has 1 aliphatic carbocycles. The van der Waals surface area contributed by atoms with E-state index in [1.165, 1.54) is 39.0 Å². The largest absolute Gasteiger partial charge is 0.350 e. The zero-order valence-corrected chi connectivity index (χ0v) is 28.6. The maximum absolute atomic E-state index is 5.22. The molecule has 0 aromatic heterocycles. The molecule has 1 heterocycles. The summed E-state index contributed by atoms with van der Waals surface area (Å²) in [6.07, 6.45) is 13.2. The highest BCUT2D eigenvalue weighted by Crippen LogP contribution is 2.42. The van der Waals surface area contributed by atoms with Crippen LogP contribution >= 0.6 is 0 Å². The highest BCUT2D eigenvalue weighted by Gasteiger charge is 2.33. The van der Waals surface area contributed by atoms with Crippen molar-refractivity contribution in [3.8, 4) is 0 Å². The molecule has 3 nitrogen and oxygen atoms in total. The lowest BCUT2D eigenvalue weighted by Gasteiger charge is -2.40. The topological polar surface area (TPSA) is 27.6 Å². The average molecular weight is 620 g/mol. The molecule has 0 saturated carbocycles. The van der Waals surface area contributed by atoms with Crippen molar-refractivity contribution in [2.45, 2.75) is 52.4 Å². The Bertz CT molecular complexity index is 1730. The quantitative estimate of drug-likeness (QED) is 0.165. The summed E-state index contributed by atoms with van der Waals surface area (Å²) in [6, 6.07) is 38.6. The van der Waals surface area contributed by atoms with Crippen LogP contribution in [-0.2, 0) is 0 Å². The summed E-state index contributed by atoms with van der Waals surface area (Å²) in [6.45, 7) is 15.3. The number of allylic oxidation sites excluding steroid dienone is 8. The second-order valence-corrected chi connectivity index (χ2v) is 11.4. The fourth-order valence-corrected chi connectivity index (χ4v) is 6.15. The smallest absolute Gasteiger partial charge is 0.132 e. The Morgan fingerprint density at radius 2 is 1.40 bits per heavy atom. The van der Waals surface area contributed by atoms with E-state index in [1.807, 2.05) is 39.0 Å². The number of aryl methyl sites for hydroxylation is 1. The molecule has 0 fully saturated rings. The van der Waals surface area contributed by atoms with Gasteiger partial charge in [0.25, 0.3) is 0 Å². The van der Waals surface area contributed by atoms with Crippen molar-refractivity contribution in [2.75, 3.05) is 7.05 Å². The molecule has 1 N–H and O–H groups in total. The molecule has 47 heavy (non-hydrogen) atoms. The van der Waals surface area contributed by atoms with Gasteiger partial charge in [0.2, 0.25) is 0 Å². The molecule has 0 bridgehead atoms. The molecular weight excluding hydrogens is 571 g/mol. The molecule has 3 atom stereocenters. The number of amidine groups is 1. The SMILES string of the molecule is C=C/C=C/C1=C(c2ccccc2C)CC(c2ccccc2C2NC(c3ccccc3)=NC(c3ccccc3)N2C)C=C1.C=CC.CC. The Labute approximate surface area is 283 Å². The minimum atomic E-state index is -0.110. The minimum absolute atomic E-state index is 0.0551. The molecule has 3 heteroatoms. The fraction of sp³-hybridized carbons (Fsp3) is 0.205. The average Bonchev–Trinajstić information content (AvgIpc) is 3.13. The Balaban J connectivity index is 0.000000947. The van der Waals surface area contributed by atoms with Crippen molar-refractivity contribution < 1.29 is 0 Å². The van der Waals surface area contributed by atoms with Crippen molar-refractivity contribution >= 4 is 11.4 Å². The third-order valence-corrected chi connectivity index (χ3v) is 8.32. The van der Waals surface area contributed by atoms with E-state index in [2.05, 4.69) is 159 Å². The van der Waals surface area contributed by atoms with Gasteiger partial charge >= 0.3 is 0 Å². The molecule has 0 radical (unpaired) electrons. The van der Waals surface area contributed by atoms with Crippen LogP contribution in [0.4, 0.5) is 0 Å². The summed E-state index contributed by atoms with van der Waals surface area (Å²) in [5.41, 5.74) is 10.1. The number of aliphatic imine (C=N–C) groups is 1. The molecule has 4 aromatic rings. The number of hydrogen-bond acceptors (Lipinski definition) is 3. The lowest BCUT2D eigenvalue weighted by atomic mass is 9.79. The summed E-state index contributed by atoms with van der Waals surface area (Å²) in [5, 5.41) is 3.82. The van der Waals surface area contributed by atoms with E-state index in [-0.39, 0.29) is 18.2 Å². The van der Waals surface area contributed by atoms with Crippen molar-refractivity contribution in [1.29, 1.82) is 0 Å². The predicted molar refractivity (Wildman–Crippen MR) is 203 cm³/mol. The third kappa shape index (κ3) is 8.44. The van der Waals surface area contributed by atoms with Gasteiger partial charge in [0.05, 0.1) is 0 Å². The van der Waals surface area contributed by atoms with Gasteiger partial charge in [-0.05, 0) is 66.3 Å². The van der Waals surface area contributed by atoms with Gasteiger partial charge in [-0.1, -0.05) is 166 Å². The zero-order chi connectivity index (χ0) is 33.6. The van der Waals surface area contributed by atoms with E-state index < -0.39 is 0 Å². The summed E-state index contributed by atoms with van der Waals surface area (Å²) in [4.78, 5) is 7.57. The van der Waals surface area contributed by atoms with Crippen LogP contribution in [0.5, 0.6) is 0 Å². The van der Waals surface area contributed by atoms with E-state index in [4.69, 9.17) is 4.99 Å². The van der Waals surface area contributed by atoms with Crippen LogP contribution in [0, 0.1) is 6.92 Å². The van der Waals surface area contributed by atoms with Crippen LogP contribution < -0.4 is 5.32 Å². The Kier molecular flexibility index (Phi) is 13.1. The maximum Gasteiger partial charge on any atom is 0.132 e. The Hall–Kier alpha value is -4.99. The lowest BCUT2D eigenvalue weighted by Crippen LogP contribution is -2.46. The predicted octanol–water partition coefficient (Wildman–Crippen LogP) is 11.1. The normalized spacial score (nSPS) is 19.0. The van der Waals surface area contributed by atoms with Crippen LogP contribution in [0.25, 0.3) is 5.57 Å². The first-order valence-electron chi connectivity index (χ1n) is 16.6. The van der Waals surface area contributed by atoms with Gasteiger partial charge in [-0.15, -0.1) is 6.58 Å². The van der Waals surface area contributed by atoms with Crippen molar-refractivity contribution in [3.63, 3.8) is 0 Å². The first-order chi connectivity index (χ1) is 23.0. The van der Waals surface area contributed by atoms with E-state index >= 15 is 0 Å². The van der Waals surface area contributed by atoms with Gasteiger partial charge < -0.3 is 5.32 Å². The Morgan fingerprint density at radius 3 is 2.06 bits per heavy atom. The van der Waals surface area contributed by atoms with Gasteiger partial charge in [0, 0.05) is 11.5 Å². The van der Waals surface area contributed by atoms with Gasteiger partial charge in [-0.3, -0.25) is 4.90 Å². The third-order valence-electron chi connectivity index (χ3n) is 8.32. The van der Waals surface area contributed by atoms with Crippen molar-refractivity contribution in [1.82, 2.24) is 10.2 Å². The summed E-state index contributed by atoms with van der Waals surface area (Å²) in [7, 11) is 2.17. The standard InChI is InChI=1S/C39H37N3.C3H6.C2H6/c1-4-5-17-29-25-26-32(27-36(29)33-22-13-12-16-28(33)2)34-23-14-15-24-35(34)39-41-37(30-18-8-6-9-19-30)40-38(42(39)3)31-20-10-7-11-21-31;1-3-2;1-2/h4-26,32,38-39H,1,27H2,2-3H3,(H,40,41);3H,1H2,2H3;1-2H3/b17-5+;;. The van der Waals surface area contributed by atoms with Crippen LogP contribution in [0.3, 0.4) is 0 Å². The number of hydrogen-bond donors (Lipinski definition) is 1. The highest BCUT2D eigenvalue weighted by atomic mass is 15.4. The van der Waals surface area contributed by atoms with Crippen LogP contribution in [0.15, 0.2) is 169 Å². The van der Waals surface area contributed by atoms with Gasteiger partial charge in [0.15, 0.2) is 0 Å². The first kappa shape index (κ1) is 34.9. The molecular formula is C44H49N3. The summed E-state index contributed by atoms with van der Waals surface area (Å²) < 4.78 is 0. The van der Waals surface area contributed by atoms with E-state index in [1.54, 1.807) is 6.08 Å². The second kappa shape index (κ2) is 17.6. The van der Waals surface area contributed by atoms with Gasteiger partial charge in [0.1, 0.15) is 18.2 Å². The van der Waals surface area contributed by atoms with Gasteiger partial charge in [-0.25, -0.2) is 4.99 Å². The van der Waals surface area contributed by atoms with Crippen LogP contribution in [0.1, 0.15) is 78.8 Å². The molecule has 6 rings (SSSR count). The zero-order valence-electron chi connectivity index (χ0n) is 28.6. The molecule has 240 valence electrons. The number of nitrogens with one attached hydrogen (secondary N) is 1. The molecule has 0 spiro atoms. The van der Waals surface area contributed by atoms with E-state index in [9.17, 15) is 0 Å². The lowest BCUT2D eigenvalue weighted by molar-refractivity contribution is 0.151. The van der Waals surface area contributed by atoms with Crippen LogP contribution in [-0.4, -0.2) is 17.8 Å². The molecule has 0 amide bonds. The summed E-state index contributed by atoms with van der Waals surface area (Å²) in [5.74, 6) is 1.15. The molecule has 4 aromatic carbocycles. The highest BCUT2D eigenvalue weighted by molar-refractivity contribution is 5.99. The monoisotopic (exact) mass is 619 g/mol. The van der Waals surface area contributed by atoms with E-state index in [0.29, 0.717) is 0 Å². The molecule has 0 saturated heterocycles. The van der Waals surface area contributed by atoms with Crippen molar-refractivity contribution in [2.24, 2.45) is 4.99 Å². The van der Waals surface area contributed by atoms with Crippen LogP contribution in [0.2, 0.25) is 0 Å². The van der Waals surface area contributed by atoms with Gasteiger partial charge in [-0.2, -0.15) is 0 Å². The Morgan fingerprint density at radius 1 is 0.809 bits per heavy atom. The first-order valence-corrected chi connectivity index (χ1v) is 16.6. The maximum atomic E-state index is 5.22. The number of benzene rings is 4. The molecule has 3 unspecified atom stereocenters. The van der Waals surface area contributed by atoms with E-state index in [0.717, 1.165) is 17.8 Å². The molecule has 1 aliphatic heterocycles. The fourth-order valence-electron chi connectivity index (χ4n) is 6.15. The number of rotatable bonds is 7.